The summed E-state index contributed by atoms with van der Waals surface area (Å²) >= 11 is -0.725. The van der Waals surface area contributed by atoms with Gasteiger partial charge in [-0.1, -0.05) is 0 Å². The summed E-state index contributed by atoms with van der Waals surface area (Å²) in [5.74, 6) is 0.196. The first kappa shape index (κ1) is 20.7. The molecule has 2 aromatic rings. The molecule has 9 heteroatoms. The number of anilines is 2. The number of nitrogens with zero attached hydrogens (tertiary/aromatic N) is 4. The third kappa shape index (κ3) is 4.75. The van der Waals surface area contributed by atoms with Gasteiger partial charge in [-0.25, -0.2) is 0 Å². The van der Waals surface area contributed by atoms with Gasteiger partial charge in [0.1, 0.15) is 0 Å². The molecule has 3 N–H and O–H groups in total. The monoisotopic (exact) mass is 470 g/mol. The molecular weight excluding hydrogens is 443 g/mol. The minimum atomic E-state index is -0.725. The number of carbonyl (C=O) groups excluding carboxylic acids is 2. The van der Waals surface area contributed by atoms with E-state index in [1.54, 1.807) is 13.1 Å². The number of amides is 2. The van der Waals surface area contributed by atoms with Crippen molar-refractivity contribution in [2.75, 3.05) is 29.9 Å². The Labute approximate surface area is 182 Å². The van der Waals surface area contributed by atoms with Crippen LogP contribution in [0.3, 0.4) is 0 Å². The Morgan fingerprint density at radius 2 is 1.93 bits per heavy atom. The van der Waals surface area contributed by atoms with Gasteiger partial charge in [0.25, 0.3) is 0 Å². The molecule has 30 heavy (non-hydrogen) atoms. The summed E-state index contributed by atoms with van der Waals surface area (Å²) in [6.45, 7) is 6.16. The van der Waals surface area contributed by atoms with E-state index in [1.165, 1.54) is 10.0 Å². The Hall–Kier alpha value is -2.60. The van der Waals surface area contributed by atoms with E-state index in [1.807, 2.05) is 4.90 Å². The van der Waals surface area contributed by atoms with Gasteiger partial charge in [-0.2, -0.15) is 0 Å². The minimum absolute atomic E-state index is 0.140. The number of hydrogen-bond donors (Lipinski definition) is 2. The number of hydrogen-bond acceptors (Lipinski definition) is 6. The fourth-order valence-corrected chi connectivity index (χ4v) is 5.56. The predicted octanol–water partition coefficient (Wildman–Crippen LogP) is -0.406. The van der Waals surface area contributed by atoms with Crippen molar-refractivity contribution >= 4 is 48.0 Å². The molecule has 1 aromatic heterocycles. The van der Waals surface area contributed by atoms with Crippen LogP contribution in [0, 0.1) is 0 Å². The van der Waals surface area contributed by atoms with Gasteiger partial charge in [-0.05, 0) is 0 Å². The molecule has 1 aliphatic carbocycles. The van der Waals surface area contributed by atoms with E-state index >= 15 is 0 Å². The van der Waals surface area contributed by atoms with Crippen molar-refractivity contribution in [1.29, 1.82) is 0 Å². The summed E-state index contributed by atoms with van der Waals surface area (Å²) in [5, 5.41) is 3.29. The van der Waals surface area contributed by atoms with Crippen LogP contribution in [-0.2, 0) is 4.79 Å². The molecule has 1 saturated heterocycles. The summed E-state index contributed by atoms with van der Waals surface area (Å²) in [6.07, 6.45) is 3.73. The molecule has 0 radical (unpaired) electrons. The molecule has 2 heterocycles. The number of rotatable bonds is 6. The van der Waals surface area contributed by atoms with Gasteiger partial charge in [-0.15, -0.1) is 0 Å². The number of primary amides is 1. The summed E-state index contributed by atoms with van der Waals surface area (Å²) in [6, 6.07) is 9.13. The van der Waals surface area contributed by atoms with Crippen LogP contribution in [0.15, 0.2) is 30.5 Å². The number of nitrogens with two attached hydrogens (primary N) is 1. The molecule has 1 aromatic carbocycles. The second-order valence-corrected chi connectivity index (χ2v) is 10.6. The second kappa shape index (κ2) is 8.64. The molecule has 1 saturated carbocycles. The average Bonchev–Trinajstić information content (AvgIpc) is 3.52. The maximum absolute atomic E-state index is 11.7. The van der Waals surface area contributed by atoms with Crippen LogP contribution in [0.1, 0.15) is 37.0 Å². The summed E-state index contributed by atoms with van der Waals surface area (Å²) < 4.78 is 2.00. The van der Waals surface area contributed by atoms with E-state index in [4.69, 9.17) is 5.73 Å². The van der Waals surface area contributed by atoms with Crippen molar-refractivity contribution in [3.05, 3.63) is 36.0 Å². The maximum atomic E-state index is 11.7. The molecule has 0 spiro atoms. The zero-order chi connectivity index (χ0) is 21.3. The molecule has 2 aliphatic rings. The van der Waals surface area contributed by atoms with Crippen molar-refractivity contribution in [2.24, 2.45) is 5.73 Å². The van der Waals surface area contributed by atoms with Crippen molar-refractivity contribution in [3.63, 3.8) is 0 Å². The molecule has 2 fully saturated rings. The molecule has 2 unspecified atom stereocenters. The Morgan fingerprint density at radius 1 is 1.20 bits per heavy atom. The van der Waals surface area contributed by atoms with Gasteiger partial charge in [0, 0.05) is 0 Å². The zero-order valence-electron chi connectivity index (χ0n) is 17.3. The first-order valence-electron chi connectivity index (χ1n) is 10.2. The molecule has 1 aliphatic heterocycles. The Bertz CT molecular complexity index is 947. The molecule has 0 bridgehead atoms. The van der Waals surface area contributed by atoms with Gasteiger partial charge >= 0.3 is 183 Å². The first-order valence-corrected chi connectivity index (χ1v) is 12.3. The average molecular weight is 470 g/mol. The number of carbonyl (C=O) groups is 2. The third-order valence-corrected chi connectivity index (χ3v) is 7.77. The van der Waals surface area contributed by atoms with Crippen LogP contribution in [-0.4, -0.2) is 74.2 Å². The zero-order valence-corrected chi connectivity index (χ0v) is 19.4. The van der Waals surface area contributed by atoms with Gasteiger partial charge in [0.05, 0.1) is 0 Å². The van der Waals surface area contributed by atoms with Crippen LogP contribution >= 0.6 is 0 Å². The second-order valence-electron chi connectivity index (χ2n) is 7.92. The van der Waals surface area contributed by atoms with Gasteiger partial charge in [-0.3, -0.25) is 0 Å². The summed E-state index contributed by atoms with van der Waals surface area (Å²) in [5.41, 5.74) is 6.98. The number of nitrogens with one attached hydrogen (secondary N) is 1. The van der Waals surface area contributed by atoms with E-state index in [9.17, 15) is 9.59 Å². The fraction of sp³-hybridized carbons (Fsp3) is 0.429. The van der Waals surface area contributed by atoms with E-state index < -0.39 is 21.7 Å². The van der Waals surface area contributed by atoms with E-state index in [0.717, 1.165) is 37.1 Å². The topological polar surface area (TPSA) is 104 Å². The summed E-state index contributed by atoms with van der Waals surface area (Å²) in [7, 11) is 0. The van der Waals surface area contributed by atoms with Crippen molar-refractivity contribution < 1.29 is 9.59 Å². The quantitative estimate of drug-likeness (QED) is 0.557. The van der Waals surface area contributed by atoms with E-state index in [2.05, 4.69) is 51.4 Å². The van der Waals surface area contributed by atoms with Crippen molar-refractivity contribution in [3.8, 4) is 0 Å². The van der Waals surface area contributed by atoms with E-state index in [0.29, 0.717) is 17.4 Å². The van der Waals surface area contributed by atoms with Crippen molar-refractivity contribution in [2.45, 2.75) is 38.8 Å². The number of piperazine rings is 1. The normalized spacial score (nSPS) is 19.3. The molecule has 8 nitrogen and oxygen atoms in total. The fourth-order valence-electron chi connectivity index (χ4n) is 3.70. The van der Waals surface area contributed by atoms with Gasteiger partial charge in [0.15, 0.2) is 0 Å². The molecule has 2 amide bonds. The Balaban J connectivity index is 1.43. The molecule has 2 atom stereocenters. The summed E-state index contributed by atoms with van der Waals surface area (Å²) in [4.78, 5) is 36.6. The SMILES string of the molecule is CC(=O)N1CCN(c2ccc([AsH]c3ncc(C(N)=O)c(NC4CC4)n3)cc2)CC1C. The van der Waals surface area contributed by atoms with Gasteiger partial charge in [0.2, 0.25) is 0 Å². The number of aromatic nitrogens is 2. The number of benzene rings is 1. The Morgan fingerprint density at radius 3 is 2.53 bits per heavy atom. The molecular formula is C21H27AsN6O2. The first-order chi connectivity index (χ1) is 14.4. The van der Waals surface area contributed by atoms with Crippen LogP contribution < -0.4 is 24.9 Å². The van der Waals surface area contributed by atoms with Crippen molar-refractivity contribution in [1.82, 2.24) is 14.9 Å². The molecule has 158 valence electrons. The van der Waals surface area contributed by atoms with Crippen LogP contribution in [0.5, 0.6) is 0 Å². The molecule has 4 rings (SSSR count). The predicted molar refractivity (Wildman–Crippen MR) is 119 cm³/mol. The standard InChI is InChI=1S/C21H27AsN6O2/c1-13-12-27(9-10-28(13)14(2)29)17-7-3-15(4-8-17)22-21-24-11-18(19(23)30)20(26-21)25-16-5-6-16/h3-4,7-8,11,13,16,22H,5-6,9-10,12H2,1-2H3,(H2,23,30)(H,24,25,26). The third-order valence-electron chi connectivity index (χ3n) is 5.49. The van der Waals surface area contributed by atoms with Crippen LogP contribution in [0.2, 0.25) is 0 Å². The van der Waals surface area contributed by atoms with Crippen LogP contribution in [0.4, 0.5) is 11.5 Å². The Kier molecular flexibility index (Phi) is 5.95. The van der Waals surface area contributed by atoms with E-state index in [-0.39, 0.29) is 11.9 Å². The van der Waals surface area contributed by atoms with Crippen LogP contribution in [0.25, 0.3) is 0 Å². The van der Waals surface area contributed by atoms with Gasteiger partial charge < -0.3 is 0 Å².